The number of carbonyl (C=O) groups is 2. The Morgan fingerprint density at radius 2 is 2.26 bits per heavy atom. The number of aromatic amines is 1. The average Bonchev–Trinajstić information content (AvgIpc) is 2.72. The first-order valence-corrected chi connectivity index (χ1v) is 6.82. The SMILES string of the molecule is CCCC(CC(=O)O)NC(=O)NCc1csc(=O)[nH]1. The normalized spacial score (nSPS) is 11.8. The van der Waals surface area contributed by atoms with Gasteiger partial charge in [-0.3, -0.25) is 9.59 Å². The van der Waals surface area contributed by atoms with E-state index in [1.165, 1.54) is 0 Å². The minimum atomic E-state index is -0.944. The maximum absolute atomic E-state index is 11.6. The Kier molecular flexibility index (Phi) is 6.07. The van der Waals surface area contributed by atoms with Gasteiger partial charge < -0.3 is 20.7 Å². The number of aromatic nitrogens is 1. The number of H-pyrrole nitrogens is 1. The zero-order chi connectivity index (χ0) is 14.3. The number of carboxylic acid groups (broad SMARTS) is 1. The van der Waals surface area contributed by atoms with Crippen LogP contribution in [0.5, 0.6) is 0 Å². The molecule has 0 bridgehead atoms. The van der Waals surface area contributed by atoms with Crippen molar-refractivity contribution in [1.82, 2.24) is 15.6 Å². The van der Waals surface area contributed by atoms with Gasteiger partial charge >= 0.3 is 16.9 Å². The fourth-order valence-corrected chi connectivity index (χ4v) is 2.18. The highest BCUT2D eigenvalue weighted by atomic mass is 32.1. The second kappa shape index (κ2) is 7.57. The summed E-state index contributed by atoms with van der Waals surface area (Å²) < 4.78 is 0. The van der Waals surface area contributed by atoms with E-state index in [4.69, 9.17) is 5.11 Å². The molecule has 1 aromatic rings. The van der Waals surface area contributed by atoms with Crippen LogP contribution in [-0.2, 0) is 11.3 Å². The number of hydrogen-bond donors (Lipinski definition) is 4. The molecule has 0 aliphatic rings. The Morgan fingerprint density at radius 1 is 1.53 bits per heavy atom. The molecule has 2 amide bonds. The van der Waals surface area contributed by atoms with E-state index >= 15 is 0 Å². The highest BCUT2D eigenvalue weighted by Gasteiger charge is 2.14. The highest BCUT2D eigenvalue weighted by Crippen LogP contribution is 2.02. The van der Waals surface area contributed by atoms with Gasteiger partial charge in [-0.1, -0.05) is 24.7 Å². The van der Waals surface area contributed by atoms with Crippen molar-refractivity contribution in [3.05, 3.63) is 20.7 Å². The maximum Gasteiger partial charge on any atom is 0.315 e. The standard InChI is InChI=1S/C11H17N3O4S/c1-2-3-7(4-9(15)16)13-10(17)12-5-8-6-19-11(18)14-8/h6-7H,2-5H2,1H3,(H,14,18)(H,15,16)(H2,12,13,17). The van der Waals surface area contributed by atoms with Crippen molar-refractivity contribution in [2.24, 2.45) is 0 Å². The van der Waals surface area contributed by atoms with Gasteiger partial charge in [0.25, 0.3) is 0 Å². The second-order valence-electron chi connectivity index (χ2n) is 4.08. The summed E-state index contributed by atoms with van der Waals surface area (Å²) in [4.78, 5) is 35.5. The number of urea groups is 1. The number of aliphatic carboxylic acids is 1. The summed E-state index contributed by atoms with van der Waals surface area (Å²) >= 11 is 1.03. The number of carboxylic acids is 1. The number of thiazole rings is 1. The summed E-state index contributed by atoms with van der Waals surface area (Å²) in [6.07, 6.45) is 1.29. The van der Waals surface area contributed by atoms with Crippen LogP contribution in [0.3, 0.4) is 0 Å². The summed E-state index contributed by atoms with van der Waals surface area (Å²) in [7, 11) is 0. The molecular formula is C11H17N3O4S. The van der Waals surface area contributed by atoms with E-state index in [1.807, 2.05) is 6.92 Å². The molecule has 1 unspecified atom stereocenters. The van der Waals surface area contributed by atoms with Gasteiger partial charge in [-0.2, -0.15) is 0 Å². The molecule has 1 heterocycles. The molecular weight excluding hydrogens is 270 g/mol. The van der Waals surface area contributed by atoms with Gasteiger partial charge in [0.2, 0.25) is 0 Å². The molecule has 1 aromatic heterocycles. The van der Waals surface area contributed by atoms with Gasteiger partial charge in [-0.25, -0.2) is 4.79 Å². The molecule has 0 saturated carbocycles. The van der Waals surface area contributed by atoms with E-state index in [9.17, 15) is 14.4 Å². The van der Waals surface area contributed by atoms with Crippen molar-refractivity contribution in [1.29, 1.82) is 0 Å². The monoisotopic (exact) mass is 287 g/mol. The minimum absolute atomic E-state index is 0.101. The third-order valence-corrected chi connectivity index (χ3v) is 3.12. The second-order valence-corrected chi connectivity index (χ2v) is 4.93. The van der Waals surface area contributed by atoms with Gasteiger partial charge in [0.05, 0.1) is 13.0 Å². The highest BCUT2D eigenvalue weighted by molar-refractivity contribution is 7.07. The van der Waals surface area contributed by atoms with E-state index in [1.54, 1.807) is 5.38 Å². The van der Waals surface area contributed by atoms with E-state index in [-0.39, 0.29) is 23.9 Å². The van der Waals surface area contributed by atoms with Crippen LogP contribution < -0.4 is 15.5 Å². The Morgan fingerprint density at radius 3 is 2.79 bits per heavy atom. The molecule has 0 aliphatic carbocycles. The van der Waals surface area contributed by atoms with Crippen molar-refractivity contribution in [3.8, 4) is 0 Å². The molecule has 7 nitrogen and oxygen atoms in total. The van der Waals surface area contributed by atoms with Gasteiger partial charge in [0, 0.05) is 17.1 Å². The van der Waals surface area contributed by atoms with Gasteiger partial charge in [0.1, 0.15) is 0 Å². The Balaban J connectivity index is 2.39. The average molecular weight is 287 g/mol. The number of hydrogen-bond acceptors (Lipinski definition) is 4. The quantitative estimate of drug-likeness (QED) is 0.596. The van der Waals surface area contributed by atoms with Crippen molar-refractivity contribution < 1.29 is 14.7 Å². The number of nitrogens with one attached hydrogen (secondary N) is 3. The topological polar surface area (TPSA) is 111 Å². The molecule has 1 rings (SSSR count). The molecule has 106 valence electrons. The molecule has 8 heteroatoms. The Labute approximate surface area is 114 Å². The van der Waals surface area contributed by atoms with Crippen LogP contribution in [0.15, 0.2) is 10.2 Å². The first-order chi connectivity index (χ1) is 9.01. The lowest BCUT2D eigenvalue weighted by molar-refractivity contribution is -0.137. The third-order valence-electron chi connectivity index (χ3n) is 2.40. The van der Waals surface area contributed by atoms with Gasteiger partial charge in [-0.15, -0.1) is 0 Å². The van der Waals surface area contributed by atoms with Crippen molar-refractivity contribution in [2.45, 2.75) is 38.8 Å². The van der Waals surface area contributed by atoms with Crippen LogP contribution >= 0.6 is 11.3 Å². The molecule has 0 aliphatic heterocycles. The fraction of sp³-hybridized carbons (Fsp3) is 0.545. The summed E-state index contributed by atoms with van der Waals surface area (Å²) in [5, 5.41) is 15.5. The lowest BCUT2D eigenvalue weighted by atomic mass is 10.1. The summed E-state index contributed by atoms with van der Waals surface area (Å²) in [6, 6.07) is -0.823. The lowest BCUT2D eigenvalue weighted by Crippen LogP contribution is -2.42. The molecule has 0 aromatic carbocycles. The van der Waals surface area contributed by atoms with E-state index in [0.717, 1.165) is 17.8 Å². The smallest absolute Gasteiger partial charge is 0.315 e. The van der Waals surface area contributed by atoms with Crippen LogP contribution in [0.25, 0.3) is 0 Å². The predicted octanol–water partition coefficient (Wildman–Crippen LogP) is 0.879. The third kappa shape index (κ3) is 6.05. The molecule has 1 atom stereocenters. The number of rotatable bonds is 7. The van der Waals surface area contributed by atoms with E-state index < -0.39 is 12.0 Å². The molecule has 0 spiro atoms. The van der Waals surface area contributed by atoms with Gasteiger partial charge in [0.15, 0.2) is 0 Å². The van der Waals surface area contributed by atoms with Gasteiger partial charge in [-0.05, 0) is 6.42 Å². The molecule has 4 N–H and O–H groups in total. The molecule has 19 heavy (non-hydrogen) atoms. The molecule has 0 saturated heterocycles. The first kappa shape index (κ1) is 15.2. The van der Waals surface area contributed by atoms with Crippen LogP contribution in [-0.4, -0.2) is 28.1 Å². The molecule has 0 radical (unpaired) electrons. The van der Waals surface area contributed by atoms with E-state index in [0.29, 0.717) is 12.1 Å². The summed E-state index contributed by atoms with van der Waals surface area (Å²) in [5.41, 5.74) is 0.621. The molecule has 0 fully saturated rings. The van der Waals surface area contributed by atoms with Crippen molar-refractivity contribution >= 4 is 23.3 Å². The number of amides is 2. The van der Waals surface area contributed by atoms with Crippen molar-refractivity contribution in [2.75, 3.05) is 0 Å². The zero-order valence-electron chi connectivity index (χ0n) is 10.6. The van der Waals surface area contributed by atoms with E-state index in [2.05, 4.69) is 15.6 Å². The van der Waals surface area contributed by atoms with Crippen molar-refractivity contribution in [3.63, 3.8) is 0 Å². The summed E-state index contributed by atoms with van der Waals surface area (Å²) in [5.74, 6) is -0.944. The minimum Gasteiger partial charge on any atom is -0.481 e. The largest absolute Gasteiger partial charge is 0.481 e. The fourth-order valence-electron chi connectivity index (χ4n) is 1.60. The first-order valence-electron chi connectivity index (χ1n) is 5.94. The predicted molar refractivity (Wildman–Crippen MR) is 71.3 cm³/mol. The van der Waals surface area contributed by atoms with Crippen LogP contribution in [0.2, 0.25) is 0 Å². The lowest BCUT2D eigenvalue weighted by Gasteiger charge is -2.16. The number of carbonyl (C=O) groups excluding carboxylic acids is 1. The maximum atomic E-state index is 11.6. The van der Waals surface area contributed by atoms with Crippen LogP contribution in [0.4, 0.5) is 4.79 Å². The summed E-state index contributed by atoms with van der Waals surface area (Å²) in [6.45, 7) is 2.13. The van der Waals surface area contributed by atoms with Crippen LogP contribution in [0.1, 0.15) is 31.9 Å². The Bertz CT molecular complexity index is 482. The van der Waals surface area contributed by atoms with Crippen LogP contribution in [0, 0.1) is 0 Å². The zero-order valence-corrected chi connectivity index (χ0v) is 11.4. The Hall–Kier alpha value is -1.83.